The number of aliphatic carboxylic acids is 1. The molecule has 1 aromatic rings. The maximum Gasteiger partial charge on any atom is 0.322 e. The Kier molecular flexibility index (Phi) is 4.34. The van der Waals surface area contributed by atoms with Gasteiger partial charge in [0.1, 0.15) is 12.3 Å². The number of nitrogens with one attached hydrogen (secondary N) is 2. The van der Waals surface area contributed by atoms with Crippen LogP contribution in [-0.2, 0) is 16.1 Å². The van der Waals surface area contributed by atoms with Crippen molar-refractivity contribution in [3.8, 4) is 0 Å². The Morgan fingerprint density at radius 2 is 2.12 bits per heavy atom. The average Bonchev–Trinajstić information content (AvgIpc) is 2.61. The van der Waals surface area contributed by atoms with E-state index in [0.29, 0.717) is 18.2 Å². The summed E-state index contributed by atoms with van der Waals surface area (Å²) in [6, 6.07) is 3.30. The van der Waals surface area contributed by atoms with Gasteiger partial charge in [0.25, 0.3) is 0 Å². The summed E-state index contributed by atoms with van der Waals surface area (Å²) >= 11 is 0. The van der Waals surface area contributed by atoms with E-state index in [1.807, 2.05) is 0 Å². The molecule has 0 aliphatic carbocycles. The van der Waals surface area contributed by atoms with E-state index in [2.05, 4.69) is 10.6 Å². The Bertz CT molecular complexity index is 375. The molecule has 0 bridgehead atoms. The van der Waals surface area contributed by atoms with E-state index >= 15 is 0 Å². The zero-order chi connectivity index (χ0) is 12.0. The topological polar surface area (TPSA) is 118 Å². The van der Waals surface area contributed by atoms with Crippen LogP contribution in [0.2, 0.25) is 0 Å². The van der Waals surface area contributed by atoms with Gasteiger partial charge in [-0.1, -0.05) is 0 Å². The van der Waals surface area contributed by atoms with E-state index in [1.54, 1.807) is 12.1 Å². The largest absolute Gasteiger partial charge is 0.480 e. The zero-order valence-electron chi connectivity index (χ0n) is 8.53. The van der Waals surface area contributed by atoms with Gasteiger partial charge in [0.2, 0.25) is 5.91 Å². The highest BCUT2D eigenvalue weighted by molar-refractivity contribution is 5.82. The second-order valence-corrected chi connectivity index (χ2v) is 3.08. The lowest BCUT2D eigenvalue weighted by molar-refractivity contribution is -0.137. The third-order valence-corrected chi connectivity index (χ3v) is 1.70. The third-order valence-electron chi connectivity index (χ3n) is 1.70. The molecule has 7 heteroatoms. The first-order valence-corrected chi connectivity index (χ1v) is 4.61. The molecule has 5 N–H and O–H groups in total. The summed E-state index contributed by atoms with van der Waals surface area (Å²) in [6.07, 6.45) is 0. The number of furan rings is 1. The number of carbonyl (C=O) groups is 2. The van der Waals surface area contributed by atoms with Gasteiger partial charge in [0.05, 0.1) is 13.1 Å². The van der Waals surface area contributed by atoms with Crippen LogP contribution < -0.4 is 16.4 Å². The summed E-state index contributed by atoms with van der Waals surface area (Å²) in [5.74, 6) is -0.537. The molecular formula is C9H13N3O4. The predicted molar refractivity (Wildman–Crippen MR) is 55.5 cm³/mol. The lowest BCUT2D eigenvalue weighted by Gasteiger charge is -2.03. The van der Waals surface area contributed by atoms with Gasteiger partial charge in [0.15, 0.2) is 5.88 Å². The summed E-state index contributed by atoms with van der Waals surface area (Å²) in [5, 5.41) is 13.3. The fourth-order valence-corrected chi connectivity index (χ4v) is 1.03. The fraction of sp³-hybridized carbons (Fsp3) is 0.333. The van der Waals surface area contributed by atoms with Crippen LogP contribution in [-0.4, -0.2) is 30.1 Å². The molecule has 0 saturated carbocycles. The monoisotopic (exact) mass is 227 g/mol. The quantitative estimate of drug-likeness (QED) is 0.503. The minimum atomic E-state index is -1.08. The molecular weight excluding hydrogens is 214 g/mol. The Labute approximate surface area is 91.6 Å². The molecule has 88 valence electrons. The average molecular weight is 227 g/mol. The van der Waals surface area contributed by atoms with E-state index in [4.69, 9.17) is 15.3 Å². The highest BCUT2D eigenvalue weighted by Crippen LogP contribution is 2.07. The normalized spacial score (nSPS) is 10.0. The Hall–Kier alpha value is -2.02. The molecule has 0 spiro atoms. The Balaban J connectivity index is 2.15. The van der Waals surface area contributed by atoms with Crippen molar-refractivity contribution in [2.45, 2.75) is 6.54 Å². The van der Waals surface area contributed by atoms with Gasteiger partial charge in [-0.05, 0) is 6.07 Å². The number of amides is 1. The summed E-state index contributed by atoms with van der Waals surface area (Å²) in [6.45, 7) is -0.000209. The molecule has 0 aliphatic heterocycles. The van der Waals surface area contributed by atoms with E-state index in [-0.39, 0.29) is 19.0 Å². The summed E-state index contributed by atoms with van der Waals surface area (Å²) in [5.41, 5.74) is 5.35. The minimum Gasteiger partial charge on any atom is -0.480 e. The molecule has 1 aromatic heterocycles. The number of anilines is 1. The SMILES string of the molecule is Nc1ccc(CNCC(=O)NCC(=O)O)o1. The number of carbonyl (C=O) groups excluding carboxylic acids is 1. The molecule has 0 atom stereocenters. The molecule has 7 nitrogen and oxygen atoms in total. The predicted octanol–water partition coefficient (Wildman–Crippen LogP) is -0.848. The van der Waals surface area contributed by atoms with Crippen molar-refractivity contribution in [3.63, 3.8) is 0 Å². The van der Waals surface area contributed by atoms with Gasteiger partial charge in [-0.3, -0.25) is 9.59 Å². The van der Waals surface area contributed by atoms with Crippen LogP contribution in [0, 0.1) is 0 Å². The number of hydrogen-bond donors (Lipinski definition) is 4. The second-order valence-electron chi connectivity index (χ2n) is 3.08. The van der Waals surface area contributed by atoms with Crippen molar-refractivity contribution in [1.82, 2.24) is 10.6 Å². The smallest absolute Gasteiger partial charge is 0.322 e. The summed E-state index contributed by atoms with van der Waals surface area (Å²) in [4.78, 5) is 21.2. The number of hydrogen-bond acceptors (Lipinski definition) is 5. The molecule has 16 heavy (non-hydrogen) atoms. The van der Waals surface area contributed by atoms with E-state index in [9.17, 15) is 9.59 Å². The second kappa shape index (κ2) is 5.76. The van der Waals surface area contributed by atoms with Crippen LogP contribution >= 0.6 is 0 Å². The molecule has 0 aromatic carbocycles. The first-order valence-electron chi connectivity index (χ1n) is 4.61. The van der Waals surface area contributed by atoms with Gasteiger partial charge < -0.3 is 25.9 Å². The van der Waals surface area contributed by atoms with Crippen LogP contribution in [0.15, 0.2) is 16.5 Å². The first kappa shape index (κ1) is 12.1. The molecule has 1 amide bonds. The van der Waals surface area contributed by atoms with Gasteiger partial charge in [-0.15, -0.1) is 0 Å². The number of nitrogen functional groups attached to an aromatic ring is 1. The van der Waals surface area contributed by atoms with Crippen molar-refractivity contribution in [2.24, 2.45) is 0 Å². The van der Waals surface area contributed by atoms with Crippen LogP contribution in [0.4, 0.5) is 5.88 Å². The van der Waals surface area contributed by atoms with Crippen molar-refractivity contribution < 1.29 is 19.1 Å². The van der Waals surface area contributed by atoms with E-state index in [1.165, 1.54) is 0 Å². The lowest BCUT2D eigenvalue weighted by atomic mass is 10.4. The highest BCUT2D eigenvalue weighted by atomic mass is 16.4. The Morgan fingerprint density at radius 3 is 2.69 bits per heavy atom. The number of nitrogens with two attached hydrogens (primary N) is 1. The fourth-order valence-electron chi connectivity index (χ4n) is 1.03. The number of rotatable bonds is 6. The molecule has 1 heterocycles. The molecule has 0 fully saturated rings. The molecule has 0 unspecified atom stereocenters. The van der Waals surface area contributed by atoms with Gasteiger partial charge >= 0.3 is 5.97 Å². The van der Waals surface area contributed by atoms with Crippen molar-refractivity contribution in [2.75, 3.05) is 18.8 Å². The number of carboxylic acid groups (broad SMARTS) is 1. The first-order chi connectivity index (χ1) is 7.58. The zero-order valence-corrected chi connectivity index (χ0v) is 8.53. The van der Waals surface area contributed by atoms with Crippen LogP contribution in [0.1, 0.15) is 5.76 Å². The summed E-state index contributed by atoms with van der Waals surface area (Å²) < 4.78 is 5.05. The molecule has 0 radical (unpaired) electrons. The van der Waals surface area contributed by atoms with Gasteiger partial charge in [0, 0.05) is 6.07 Å². The maximum absolute atomic E-state index is 11.1. The highest BCUT2D eigenvalue weighted by Gasteiger charge is 2.04. The van der Waals surface area contributed by atoms with Crippen molar-refractivity contribution in [1.29, 1.82) is 0 Å². The van der Waals surface area contributed by atoms with Crippen LogP contribution in [0.25, 0.3) is 0 Å². The Morgan fingerprint density at radius 1 is 1.38 bits per heavy atom. The molecule has 0 aliphatic rings. The number of carboxylic acids is 1. The molecule has 0 saturated heterocycles. The van der Waals surface area contributed by atoms with Crippen molar-refractivity contribution >= 4 is 17.8 Å². The van der Waals surface area contributed by atoms with E-state index in [0.717, 1.165) is 0 Å². The van der Waals surface area contributed by atoms with Crippen LogP contribution in [0.5, 0.6) is 0 Å². The van der Waals surface area contributed by atoms with Crippen molar-refractivity contribution in [3.05, 3.63) is 17.9 Å². The minimum absolute atomic E-state index is 0.0217. The standard InChI is InChI=1S/C9H13N3O4/c10-7-2-1-6(16-7)3-11-4-8(13)12-5-9(14)15/h1-2,11H,3-5,10H2,(H,12,13)(H,14,15). The van der Waals surface area contributed by atoms with E-state index < -0.39 is 5.97 Å². The lowest BCUT2D eigenvalue weighted by Crippen LogP contribution is -2.36. The molecule has 1 rings (SSSR count). The maximum atomic E-state index is 11.1. The van der Waals surface area contributed by atoms with Gasteiger partial charge in [-0.2, -0.15) is 0 Å². The third kappa shape index (κ3) is 4.47. The van der Waals surface area contributed by atoms with Gasteiger partial charge in [-0.25, -0.2) is 0 Å². The summed E-state index contributed by atoms with van der Waals surface area (Å²) in [7, 11) is 0. The van der Waals surface area contributed by atoms with Crippen LogP contribution in [0.3, 0.4) is 0 Å².